The highest BCUT2D eigenvalue weighted by Crippen LogP contribution is 2.32. The molecule has 3 rings (SSSR count). The zero-order chi connectivity index (χ0) is 22.9. The Labute approximate surface area is 192 Å². The van der Waals surface area contributed by atoms with Gasteiger partial charge in [0.15, 0.2) is 5.12 Å². The van der Waals surface area contributed by atoms with Crippen LogP contribution in [0.1, 0.15) is 32.3 Å². The van der Waals surface area contributed by atoms with Crippen LogP contribution in [-0.2, 0) is 20.9 Å². The van der Waals surface area contributed by atoms with Crippen LogP contribution < -0.4 is 10.1 Å². The molecule has 2 aromatic rings. The number of likely N-dealkylation sites (tertiary alicyclic amines) is 1. The van der Waals surface area contributed by atoms with Gasteiger partial charge < -0.3 is 19.7 Å². The lowest BCUT2D eigenvalue weighted by Gasteiger charge is -2.27. The van der Waals surface area contributed by atoms with Crippen LogP contribution in [0.4, 0.5) is 4.79 Å². The Morgan fingerprint density at radius 3 is 2.44 bits per heavy atom. The van der Waals surface area contributed by atoms with E-state index in [9.17, 15) is 14.4 Å². The number of rotatable bonds is 9. The first-order valence-corrected chi connectivity index (χ1v) is 11.5. The Balaban J connectivity index is 1.66. The van der Waals surface area contributed by atoms with E-state index in [1.54, 1.807) is 4.90 Å². The SMILES string of the molecule is CCCNC(=O)OC[C@@H]1[C@@H](SC(C)=O)CC(=O)N1Cc1ccc(Oc2ccccc2)cc1. The van der Waals surface area contributed by atoms with Crippen molar-refractivity contribution in [2.75, 3.05) is 13.2 Å². The molecule has 0 unspecified atom stereocenters. The fourth-order valence-electron chi connectivity index (χ4n) is 3.47. The van der Waals surface area contributed by atoms with Crippen molar-refractivity contribution >= 4 is 28.9 Å². The van der Waals surface area contributed by atoms with Crippen LogP contribution >= 0.6 is 11.8 Å². The maximum Gasteiger partial charge on any atom is 0.407 e. The van der Waals surface area contributed by atoms with E-state index in [0.717, 1.165) is 29.5 Å². The maximum absolute atomic E-state index is 12.7. The molecule has 0 spiro atoms. The summed E-state index contributed by atoms with van der Waals surface area (Å²) in [5.41, 5.74) is 0.924. The quantitative estimate of drug-likeness (QED) is 0.603. The number of carbonyl (C=O) groups excluding carboxylic acids is 3. The normalized spacial score (nSPS) is 17.8. The lowest BCUT2D eigenvalue weighted by atomic mass is 10.2. The van der Waals surface area contributed by atoms with E-state index in [2.05, 4.69) is 5.32 Å². The third kappa shape index (κ3) is 6.75. The van der Waals surface area contributed by atoms with Crippen LogP contribution in [0, 0.1) is 0 Å². The monoisotopic (exact) mass is 456 g/mol. The van der Waals surface area contributed by atoms with Gasteiger partial charge in [0.05, 0.1) is 6.04 Å². The summed E-state index contributed by atoms with van der Waals surface area (Å²) < 4.78 is 11.2. The van der Waals surface area contributed by atoms with Crippen LogP contribution in [-0.4, -0.2) is 46.5 Å². The highest BCUT2D eigenvalue weighted by atomic mass is 32.2. The van der Waals surface area contributed by atoms with E-state index in [1.165, 1.54) is 6.92 Å². The lowest BCUT2D eigenvalue weighted by molar-refractivity contribution is -0.130. The molecule has 2 amide bonds. The molecule has 8 heteroatoms. The molecule has 1 aliphatic rings. The molecule has 1 fully saturated rings. The van der Waals surface area contributed by atoms with Crippen molar-refractivity contribution in [2.45, 2.75) is 44.5 Å². The van der Waals surface area contributed by atoms with E-state index < -0.39 is 6.09 Å². The number of amides is 2. The highest BCUT2D eigenvalue weighted by Gasteiger charge is 2.41. The highest BCUT2D eigenvalue weighted by molar-refractivity contribution is 8.14. The summed E-state index contributed by atoms with van der Waals surface area (Å²) in [5, 5.41) is 2.35. The van der Waals surface area contributed by atoms with E-state index in [-0.39, 0.29) is 35.3 Å². The van der Waals surface area contributed by atoms with Crippen molar-refractivity contribution < 1.29 is 23.9 Å². The summed E-state index contributed by atoms with van der Waals surface area (Å²) in [5.74, 6) is 1.39. The average molecular weight is 457 g/mol. The van der Waals surface area contributed by atoms with Gasteiger partial charge in [-0.2, -0.15) is 0 Å². The predicted molar refractivity (Wildman–Crippen MR) is 124 cm³/mol. The van der Waals surface area contributed by atoms with Gasteiger partial charge in [-0.1, -0.05) is 49.0 Å². The molecular formula is C24H28N2O5S. The molecule has 170 valence electrons. The van der Waals surface area contributed by atoms with Crippen molar-refractivity contribution in [1.82, 2.24) is 10.2 Å². The summed E-state index contributed by atoms with van der Waals surface area (Å²) in [4.78, 5) is 38.0. The molecule has 7 nitrogen and oxygen atoms in total. The summed E-state index contributed by atoms with van der Waals surface area (Å²) in [6, 6.07) is 16.6. The number of benzene rings is 2. The van der Waals surface area contributed by atoms with Crippen molar-refractivity contribution in [1.29, 1.82) is 0 Å². The molecule has 1 saturated heterocycles. The predicted octanol–water partition coefficient (Wildman–Crippen LogP) is 4.36. The first-order chi connectivity index (χ1) is 15.5. The first kappa shape index (κ1) is 23.7. The standard InChI is InChI=1S/C24H28N2O5S/c1-3-13-25-24(29)30-16-21-22(32-17(2)27)14-23(28)26(21)15-18-9-11-20(12-10-18)31-19-7-5-4-6-8-19/h4-12,21-22H,3,13-16H2,1-2H3,(H,25,29)/t21-,22+/m1/s1. The molecule has 1 aliphatic heterocycles. The van der Waals surface area contributed by atoms with Gasteiger partial charge in [0, 0.05) is 31.7 Å². The van der Waals surface area contributed by atoms with Gasteiger partial charge in [-0.05, 0) is 36.2 Å². The molecule has 2 atom stereocenters. The summed E-state index contributed by atoms with van der Waals surface area (Å²) >= 11 is 1.13. The van der Waals surface area contributed by atoms with Crippen molar-refractivity contribution in [3.05, 3.63) is 60.2 Å². The number of carbonyl (C=O) groups is 3. The van der Waals surface area contributed by atoms with Gasteiger partial charge in [0.25, 0.3) is 0 Å². The number of alkyl carbamates (subject to hydrolysis) is 1. The molecule has 32 heavy (non-hydrogen) atoms. The molecule has 0 radical (unpaired) electrons. The van der Waals surface area contributed by atoms with E-state index in [4.69, 9.17) is 9.47 Å². The van der Waals surface area contributed by atoms with Crippen LogP contribution in [0.2, 0.25) is 0 Å². The van der Waals surface area contributed by atoms with Crippen molar-refractivity contribution in [3.63, 3.8) is 0 Å². The Morgan fingerprint density at radius 1 is 1.09 bits per heavy atom. The fraction of sp³-hybridized carbons (Fsp3) is 0.375. The van der Waals surface area contributed by atoms with Gasteiger partial charge in [0.1, 0.15) is 18.1 Å². The molecule has 1 heterocycles. The Hall–Kier alpha value is -3.00. The van der Waals surface area contributed by atoms with Crippen LogP contribution in [0.3, 0.4) is 0 Å². The third-order valence-corrected chi connectivity index (χ3v) is 6.12. The Kier molecular flexibility index (Phi) is 8.56. The van der Waals surface area contributed by atoms with Gasteiger partial charge in [0.2, 0.25) is 5.91 Å². The zero-order valence-electron chi connectivity index (χ0n) is 18.3. The zero-order valence-corrected chi connectivity index (χ0v) is 19.1. The van der Waals surface area contributed by atoms with Gasteiger partial charge in [-0.3, -0.25) is 9.59 Å². The summed E-state index contributed by atoms with van der Waals surface area (Å²) in [6.07, 6.45) is 0.528. The van der Waals surface area contributed by atoms with Crippen LogP contribution in [0.25, 0.3) is 0 Å². The lowest BCUT2D eigenvalue weighted by Crippen LogP contribution is -2.41. The molecule has 2 aromatic carbocycles. The molecule has 0 bridgehead atoms. The largest absolute Gasteiger partial charge is 0.457 e. The molecule has 0 saturated carbocycles. The summed E-state index contributed by atoms with van der Waals surface area (Å²) in [7, 11) is 0. The van der Waals surface area contributed by atoms with Crippen molar-refractivity contribution in [2.24, 2.45) is 0 Å². The molecule has 0 aliphatic carbocycles. The number of para-hydroxylation sites is 1. The number of nitrogens with zero attached hydrogens (tertiary/aromatic N) is 1. The minimum Gasteiger partial charge on any atom is -0.457 e. The number of thioether (sulfide) groups is 1. The maximum atomic E-state index is 12.7. The first-order valence-electron chi connectivity index (χ1n) is 10.7. The average Bonchev–Trinajstić information content (AvgIpc) is 3.06. The van der Waals surface area contributed by atoms with Crippen molar-refractivity contribution in [3.8, 4) is 11.5 Å². The second-order valence-electron chi connectivity index (χ2n) is 7.53. The third-order valence-electron chi connectivity index (χ3n) is 5.00. The van der Waals surface area contributed by atoms with Crippen LogP contribution in [0.15, 0.2) is 54.6 Å². The number of hydrogen-bond acceptors (Lipinski definition) is 6. The number of nitrogens with one attached hydrogen (secondary N) is 1. The Bertz CT molecular complexity index is 920. The second kappa shape index (κ2) is 11.6. The number of ether oxygens (including phenoxy) is 2. The molecular weight excluding hydrogens is 428 g/mol. The van der Waals surface area contributed by atoms with E-state index >= 15 is 0 Å². The van der Waals surface area contributed by atoms with Crippen LogP contribution in [0.5, 0.6) is 11.5 Å². The molecule has 1 N–H and O–H groups in total. The van der Waals surface area contributed by atoms with Gasteiger partial charge in [-0.25, -0.2) is 4.79 Å². The van der Waals surface area contributed by atoms with E-state index in [1.807, 2.05) is 61.5 Å². The van der Waals surface area contributed by atoms with E-state index in [0.29, 0.717) is 18.8 Å². The smallest absolute Gasteiger partial charge is 0.407 e. The van der Waals surface area contributed by atoms with Gasteiger partial charge >= 0.3 is 6.09 Å². The minimum absolute atomic E-state index is 0.0431. The summed E-state index contributed by atoms with van der Waals surface area (Å²) in [6.45, 7) is 4.36. The fourth-order valence-corrected chi connectivity index (χ4v) is 4.51. The second-order valence-corrected chi connectivity index (χ2v) is 8.94. The number of hydrogen-bond donors (Lipinski definition) is 1. The molecule has 0 aromatic heterocycles. The Morgan fingerprint density at radius 2 is 1.78 bits per heavy atom. The minimum atomic E-state index is -0.514. The van der Waals surface area contributed by atoms with Gasteiger partial charge in [-0.15, -0.1) is 0 Å². The topological polar surface area (TPSA) is 84.9 Å².